The van der Waals surface area contributed by atoms with Crippen LogP contribution >= 0.6 is 0 Å². The maximum atomic E-state index is 12.2. The zero-order valence-electron chi connectivity index (χ0n) is 13.4. The number of carbonyl (C=O) groups excluding carboxylic acids is 1. The van der Waals surface area contributed by atoms with Crippen LogP contribution in [0.25, 0.3) is 5.69 Å². The van der Waals surface area contributed by atoms with Crippen molar-refractivity contribution in [3.63, 3.8) is 0 Å². The van der Waals surface area contributed by atoms with E-state index in [2.05, 4.69) is 21.7 Å². The minimum Gasteiger partial charge on any atom is -0.382 e. The molecular formula is C16H21N5O2. The van der Waals surface area contributed by atoms with Crippen molar-refractivity contribution in [1.29, 1.82) is 0 Å². The number of rotatable bonds is 4. The van der Waals surface area contributed by atoms with Crippen LogP contribution in [-0.2, 0) is 4.74 Å². The molecule has 1 saturated heterocycles. The fourth-order valence-corrected chi connectivity index (χ4v) is 2.81. The standard InChI is InChI=1S/C16H21N5O2/c1-10-6-11(2)8-12(7-10)21-15(17)14(19-20-21)16(22)18-9-13-4-3-5-23-13/h6-8,13H,3-5,9,17H2,1-2H3,(H,18,22)/t13-/m1/s1. The maximum absolute atomic E-state index is 12.2. The van der Waals surface area contributed by atoms with Gasteiger partial charge in [-0.3, -0.25) is 4.79 Å². The highest BCUT2D eigenvalue weighted by Gasteiger charge is 2.21. The smallest absolute Gasteiger partial charge is 0.275 e. The maximum Gasteiger partial charge on any atom is 0.275 e. The molecule has 1 amide bonds. The quantitative estimate of drug-likeness (QED) is 0.888. The first kappa shape index (κ1) is 15.5. The first-order valence-corrected chi connectivity index (χ1v) is 7.74. The van der Waals surface area contributed by atoms with E-state index in [0.29, 0.717) is 6.54 Å². The van der Waals surface area contributed by atoms with E-state index >= 15 is 0 Å². The summed E-state index contributed by atoms with van der Waals surface area (Å²) in [6.45, 7) is 5.22. The van der Waals surface area contributed by atoms with Crippen molar-refractivity contribution in [2.75, 3.05) is 18.9 Å². The van der Waals surface area contributed by atoms with Crippen molar-refractivity contribution in [2.45, 2.75) is 32.8 Å². The van der Waals surface area contributed by atoms with Gasteiger partial charge in [0.15, 0.2) is 11.5 Å². The summed E-state index contributed by atoms with van der Waals surface area (Å²) in [7, 11) is 0. The van der Waals surface area contributed by atoms with Crippen LogP contribution in [0.15, 0.2) is 18.2 Å². The zero-order chi connectivity index (χ0) is 16.4. The number of nitrogens with one attached hydrogen (secondary N) is 1. The Balaban J connectivity index is 1.76. The number of benzene rings is 1. The fraction of sp³-hybridized carbons (Fsp3) is 0.438. The third kappa shape index (κ3) is 3.34. The van der Waals surface area contributed by atoms with Crippen LogP contribution in [0.1, 0.15) is 34.5 Å². The average Bonchev–Trinajstić information content (AvgIpc) is 3.13. The third-order valence-corrected chi connectivity index (χ3v) is 3.89. The molecule has 1 aliphatic rings. The Morgan fingerprint density at radius 2 is 2.13 bits per heavy atom. The topological polar surface area (TPSA) is 95.1 Å². The van der Waals surface area contributed by atoms with Crippen molar-refractivity contribution in [2.24, 2.45) is 0 Å². The zero-order valence-corrected chi connectivity index (χ0v) is 13.4. The lowest BCUT2D eigenvalue weighted by Crippen LogP contribution is -2.32. The fourth-order valence-electron chi connectivity index (χ4n) is 2.81. The second-order valence-electron chi connectivity index (χ2n) is 5.93. The van der Waals surface area contributed by atoms with Gasteiger partial charge < -0.3 is 15.8 Å². The van der Waals surface area contributed by atoms with Gasteiger partial charge in [-0.1, -0.05) is 11.3 Å². The largest absolute Gasteiger partial charge is 0.382 e. The van der Waals surface area contributed by atoms with Gasteiger partial charge in [-0.25, -0.2) is 0 Å². The first-order valence-electron chi connectivity index (χ1n) is 7.74. The van der Waals surface area contributed by atoms with Gasteiger partial charge in [0.2, 0.25) is 0 Å². The number of ether oxygens (including phenoxy) is 1. The number of nitrogens with zero attached hydrogens (tertiary/aromatic N) is 3. The third-order valence-electron chi connectivity index (χ3n) is 3.89. The number of nitrogens with two attached hydrogens (primary N) is 1. The van der Waals surface area contributed by atoms with E-state index in [1.54, 1.807) is 0 Å². The van der Waals surface area contributed by atoms with Gasteiger partial charge in [0.25, 0.3) is 5.91 Å². The van der Waals surface area contributed by atoms with Gasteiger partial charge in [0.1, 0.15) is 0 Å². The Morgan fingerprint density at radius 1 is 1.39 bits per heavy atom. The number of hydrogen-bond acceptors (Lipinski definition) is 5. The molecule has 1 fully saturated rings. The van der Waals surface area contributed by atoms with Crippen LogP contribution < -0.4 is 11.1 Å². The van der Waals surface area contributed by atoms with Crippen LogP contribution in [0, 0.1) is 13.8 Å². The number of amides is 1. The summed E-state index contributed by atoms with van der Waals surface area (Å²) in [6.07, 6.45) is 2.07. The summed E-state index contributed by atoms with van der Waals surface area (Å²) in [5.41, 5.74) is 9.20. The van der Waals surface area contributed by atoms with Crippen LogP contribution in [0.2, 0.25) is 0 Å². The Morgan fingerprint density at radius 3 is 2.78 bits per heavy atom. The Hall–Kier alpha value is -2.41. The molecule has 1 aromatic heterocycles. The second-order valence-corrected chi connectivity index (χ2v) is 5.93. The molecule has 7 nitrogen and oxygen atoms in total. The minimum atomic E-state index is -0.325. The molecule has 3 rings (SSSR count). The summed E-state index contributed by atoms with van der Waals surface area (Å²) < 4.78 is 6.97. The molecule has 23 heavy (non-hydrogen) atoms. The van der Waals surface area contributed by atoms with Crippen LogP contribution in [0.3, 0.4) is 0 Å². The molecule has 0 unspecified atom stereocenters. The lowest BCUT2D eigenvalue weighted by molar-refractivity contribution is 0.0854. The van der Waals surface area contributed by atoms with Crippen LogP contribution in [0.4, 0.5) is 5.82 Å². The summed E-state index contributed by atoms with van der Waals surface area (Å²) in [4.78, 5) is 12.2. The van der Waals surface area contributed by atoms with Gasteiger partial charge in [0.05, 0.1) is 11.8 Å². The van der Waals surface area contributed by atoms with E-state index in [9.17, 15) is 4.79 Å². The first-order chi connectivity index (χ1) is 11.0. The van der Waals surface area contributed by atoms with E-state index in [1.807, 2.05) is 26.0 Å². The number of anilines is 1. The lowest BCUT2D eigenvalue weighted by Gasteiger charge is -2.10. The number of nitrogen functional groups attached to an aromatic ring is 1. The Labute approximate surface area is 134 Å². The van der Waals surface area contributed by atoms with E-state index in [-0.39, 0.29) is 23.5 Å². The molecule has 1 aromatic carbocycles. The van der Waals surface area contributed by atoms with E-state index in [0.717, 1.165) is 36.3 Å². The summed E-state index contributed by atoms with van der Waals surface area (Å²) >= 11 is 0. The summed E-state index contributed by atoms with van der Waals surface area (Å²) in [5.74, 6) is -0.0894. The normalized spacial score (nSPS) is 17.4. The molecular weight excluding hydrogens is 294 g/mol. The van der Waals surface area contributed by atoms with Crippen molar-refractivity contribution in [3.8, 4) is 5.69 Å². The van der Waals surface area contributed by atoms with E-state index in [4.69, 9.17) is 10.5 Å². The highest BCUT2D eigenvalue weighted by atomic mass is 16.5. The van der Waals surface area contributed by atoms with Gasteiger partial charge >= 0.3 is 0 Å². The van der Waals surface area contributed by atoms with Crippen molar-refractivity contribution < 1.29 is 9.53 Å². The Bertz CT molecular complexity index is 699. The number of aromatic nitrogens is 3. The monoisotopic (exact) mass is 315 g/mol. The van der Waals surface area contributed by atoms with E-state index in [1.165, 1.54) is 4.68 Å². The number of carbonyl (C=O) groups is 1. The molecule has 1 aliphatic heterocycles. The molecule has 0 bridgehead atoms. The van der Waals surface area contributed by atoms with Crippen molar-refractivity contribution in [1.82, 2.24) is 20.3 Å². The molecule has 3 N–H and O–H groups in total. The number of hydrogen-bond donors (Lipinski definition) is 2. The van der Waals surface area contributed by atoms with Gasteiger partial charge in [-0.15, -0.1) is 5.10 Å². The molecule has 0 spiro atoms. The SMILES string of the molecule is Cc1cc(C)cc(-n2nnc(C(=O)NC[C@H]3CCCO3)c2N)c1. The second kappa shape index (κ2) is 6.37. The Kier molecular flexibility index (Phi) is 4.29. The molecule has 2 heterocycles. The predicted molar refractivity (Wildman–Crippen MR) is 86.6 cm³/mol. The van der Waals surface area contributed by atoms with Crippen molar-refractivity contribution in [3.05, 3.63) is 35.0 Å². The van der Waals surface area contributed by atoms with Gasteiger partial charge in [-0.2, -0.15) is 4.68 Å². The van der Waals surface area contributed by atoms with Crippen LogP contribution in [-0.4, -0.2) is 40.2 Å². The molecule has 7 heteroatoms. The summed E-state index contributed by atoms with van der Waals surface area (Å²) in [6, 6.07) is 5.96. The average molecular weight is 315 g/mol. The highest BCUT2D eigenvalue weighted by molar-refractivity contribution is 5.96. The number of aryl methyl sites for hydroxylation is 2. The molecule has 0 aliphatic carbocycles. The van der Waals surface area contributed by atoms with Crippen LogP contribution in [0.5, 0.6) is 0 Å². The molecule has 1 atom stereocenters. The minimum absolute atomic E-state index is 0.0784. The summed E-state index contributed by atoms with van der Waals surface area (Å²) in [5, 5.41) is 10.8. The predicted octanol–water partition coefficient (Wildman–Crippen LogP) is 1.38. The highest BCUT2D eigenvalue weighted by Crippen LogP contribution is 2.18. The molecule has 122 valence electrons. The molecule has 0 saturated carbocycles. The van der Waals surface area contributed by atoms with Crippen molar-refractivity contribution >= 4 is 11.7 Å². The van der Waals surface area contributed by atoms with Gasteiger partial charge in [0, 0.05) is 13.2 Å². The van der Waals surface area contributed by atoms with Gasteiger partial charge in [-0.05, 0) is 49.9 Å². The van der Waals surface area contributed by atoms with E-state index < -0.39 is 0 Å². The molecule has 0 radical (unpaired) electrons. The molecule has 2 aromatic rings. The lowest BCUT2D eigenvalue weighted by atomic mass is 10.1.